The summed E-state index contributed by atoms with van der Waals surface area (Å²) < 4.78 is 15.1. The summed E-state index contributed by atoms with van der Waals surface area (Å²) in [5.74, 6) is 1.52. The Bertz CT molecular complexity index is 823. The van der Waals surface area contributed by atoms with E-state index in [9.17, 15) is 0 Å². The summed E-state index contributed by atoms with van der Waals surface area (Å²) in [6.07, 6.45) is 8.68. The number of rotatable bonds is 2. The van der Waals surface area contributed by atoms with Crippen molar-refractivity contribution in [3.8, 4) is 5.75 Å². The van der Waals surface area contributed by atoms with Crippen molar-refractivity contribution in [2.24, 2.45) is 13.0 Å². The molecule has 2 atom stereocenters. The number of hydrogen-bond acceptors (Lipinski definition) is 4. The molecule has 2 saturated heterocycles. The van der Waals surface area contributed by atoms with Gasteiger partial charge in [0.1, 0.15) is 11.4 Å². The van der Waals surface area contributed by atoms with Gasteiger partial charge in [-0.15, -0.1) is 0 Å². The van der Waals surface area contributed by atoms with Crippen LogP contribution in [0.2, 0.25) is 0 Å². The Morgan fingerprint density at radius 2 is 2.11 bits per heavy atom. The van der Waals surface area contributed by atoms with Gasteiger partial charge in [-0.05, 0) is 31.4 Å². The van der Waals surface area contributed by atoms with Crippen molar-refractivity contribution in [3.05, 3.63) is 47.5 Å². The summed E-state index contributed by atoms with van der Waals surface area (Å²) in [7, 11) is 2.03. The molecule has 3 aliphatic heterocycles. The lowest BCUT2D eigenvalue weighted by molar-refractivity contribution is -0.150. The van der Waals surface area contributed by atoms with Crippen molar-refractivity contribution in [2.45, 2.75) is 50.9 Å². The van der Waals surface area contributed by atoms with Gasteiger partial charge in [-0.3, -0.25) is 4.90 Å². The van der Waals surface area contributed by atoms with Crippen molar-refractivity contribution in [1.82, 2.24) is 14.5 Å². The van der Waals surface area contributed by atoms with Crippen molar-refractivity contribution in [2.75, 3.05) is 19.7 Å². The number of benzene rings is 1. The van der Waals surface area contributed by atoms with Crippen LogP contribution in [0.4, 0.5) is 0 Å². The lowest BCUT2D eigenvalue weighted by Gasteiger charge is -2.53. The second kappa shape index (κ2) is 6.64. The molecule has 2 aromatic rings. The Balaban J connectivity index is 1.37. The van der Waals surface area contributed by atoms with Crippen LogP contribution in [0.1, 0.15) is 48.6 Å². The molecule has 1 spiro atoms. The van der Waals surface area contributed by atoms with Gasteiger partial charge in [-0.2, -0.15) is 0 Å². The van der Waals surface area contributed by atoms with Gasteiger partial charge >= 0.3 is 0 Å². The monoisotopic (exact) mass is 367 g/mol. The molecule has 0 amide bonds. The standard InChI is InChI=1S/C22H29N3O2/c1-16-5-6-18-20(12-16)27-22(19-4-3-11-26-21(18)19)7-9-25(10-8-22)14-17-13-24(2)15-23-17/h5-6,12-13,15,19,21H,3-4,7-11,14H2,1-2H3/t19-,21+/m0/s1. The molecule has 3 aliphatic rings. The molecule has 1 aromatic heterocycles. The predicted molar refractivity (Wildman–Crippen MR) is 104 cm³/mol. The number of ether oxygens (including phenoxy) is 2. The molecule has 0 bridgehead atoms. The highest BCUT2D eigenvalue weighted by molar-refractivity contribution is 5.42. The largest absolute Gasteiger partial charge is 0.486 e. The second-order valence-electron chi connectivity index (χ2n) is 8.55. The molecule has 1 aromatic carbocycles. The number of aromatic nitrogens is 2. The van der Waals surface area contributed by atoms with Crippen molar-refractivity contribution >= 4 is 0 Å². The number of hydrogen-bond donors (Lipinski definition) is 0. The highest BCUT2D eigenvalue weighted by Crippen LogP contribution is 2.53. The molecule has 4 heterocycles. The van der Waals surface area contributed by atoms with E-state index >= 15 is 0 Å². The van der Waals surface area contributed by atoms with Gasteiger partial charge in [0.15, 0.2) is 0 Å². The van der Waals surface area contributed by atoms with Gasteiger partial charge in [0, 0.05) is 63.8 Å². The molecule has 0 N–H and O–H groups in total. The van der Waals surface area contributed by atoms with Crippen LogP contribution in [0.3, 0.4) is 0 Å². The van der Waals surface area contributed by atoms with Gasteiger partial charge in [0.05, 0.1) is 18.1 Å². The highest BCUT2D eigenvalue weighted by Gasteiger charge is 2.52. The van der Waals surface area contributed by atoms with Gasteiger partial charge < -0.3 is 14.0 Å². The van der Waals surface area contributed by atoms with Crippen LogP contribution in [0, 0.1) is 12.8 Å². The van der Waals surface area contributed by atoms with Crippen LogP contribution in [-0.2, 0) is 18.3 Å². The van der Waals surface area contributed by atoms with Crippen molar-refractivity contribution in [1.29, 1.82) is 0 Å². The molecule has 5 nitrogen and oxygen atoms in total. The molecule has 27 heavy (non-hydrogen) atoms. The molecule has 0 aliphatic carbocycles. The predicted octanol–water partition coefficient (Wildman–Crippen LogP) is 3.62. The first-order valence-corrected chi connectivity index (χ1v) is 10.2. The quantitative estimate of drug-likeness (QED) is 0.813. The molecule has 0 radical (unpaired) electrons. The summed E-state index contributed by atoms with van der Waals surface area (Å²) in [4.78, 5) is 7.00. The fourth-order valence-corrected chi connectivity index (χ4v) is 5.23. The minimum Gasteiger partial charge on any atom is -0.486 e. The smallest absolute Gasteiger partial charge is 0.126 e. The summed E-state index contributed by atoms with van der Waals surface area (Å²) in [6, 6.07) is 6.60. The fourth-order valence-electron chi connectivity index (χ4n) is 5.23. The Kier molecular flexibility index (Phi) is 4.25. The number of piperidine rings is 1. The Morgan fingerprint density at radius 1 is 1.26 bits per heavy atom. The molecule has 0 unspecified atom stereocenters. The van der Waals surface area contributed by atoms with Gasteiger partial charge in [0.2, 0.25) is 0 Å². The van der Waals surface area contributed by atoms with Crippen LogP contribution in [0.5, 0.6) is 5.75 Å². The zero-order valence-corrected chi connectivity index (χ0v) is 16.4. The third kappa shape index (κ3) is 3.07. The van der Waals surface area contributed by atoms with Crippen LogP contribution in [-0.4, -0.2) is 39.7 Å². The molecular formula is C22H29N3O2. The molecule has 144 valence electrons. The topological polar surface area (TPSA) is 39.5 Å². The molecular weight excluding hydrogens is 338 g/mol. The third-order valence-corrected chi connectivity index (χ3v) is 6.63. The van der Waals surface area contributed by atoms with E-state index in [0.29, 0.717) is 5.92 Å². The maximum atomic E-state index is 6.79. The molecule has 5 rings (SSSR count). The van der Waals surface area contributed by atoms with E-state index in [-0.39, 0.29) is 11.7 Å². The first-order chi connectivity index (χ1) is 13.1. The molecule has 2 fully saturated rings. The fraction of sp³-hybridized carbons (Fsp3) is 0.591. The van der Waals surface area contributed by atoms with Gasteiger partial charge in [-0.1, -0.05) is 12.1 Å². The number of imidazole rings is 1. The second-order valence-corrected chi connectivity index (χ2v) is 8.55. The molecule has 5 heteroatoms. The van der Waals surface area contributed by atoms with Crippen molar-refractivity contribution < 1.29 is 9.47 Å². The van der Waals surface area contributed by atoms with E-state index in [4.69, 9.17) is 9.47 Å². The highest BCUT2D eigenvalue weighted by atomic mass is 16.5. The minimum atomic E-state index is -0.0769. The Hall–Kier alpha value is -1.85. The number of fused-ring (bicyclic) bond motifs is 4. The van der Waals surface area contributed by atoms with Crippen LogP contribution < -0.4 is 4.74 Å². The zero-order valence-electron chi connectivity index (χ0n) is 16.4. The number of nitrogens with zero attached hydrogens (tertiary/aromatic N) is 3. The lowest BCUT2D eigenvalue weighted by Crippen LogP contribution is -2.57. The SMILES string of the molecule is Cc1ccc2c(c1)OC1(CCN(Cc3cn(C)cn3)CC1)[C@H]1CCCO[C@H]21. The lowest BCUT2D eigenvalue weighted by atomic mass is 9.70. The summed E-state index contributed by atoms with van der Waals surface area (Å²) in [6.45, 7) is 6.05. The number of aryl methyl sites for hydroxylation is 2. The Labute approximate surface area is 161 Å². The number of likely N-dealkylation sites (tertiary alicyclic amines) is 1. The normalized spacial score (nSPS) is 27.0. The minimum absolute atomic E-state index is 0.0769. The van der Waals surface area contributed by atoms with E-state index < -0.39 is 0 Å². The van der Waals surface area contributed by atoms with E-state index in [1.165, 1.54) is 17.5 Å². The van der Waals surface area contributed by atoms with E-state index in [2.05, 4.69) is 41.2 Å². The van der Waals surface area contributed by atoms with E-state index in [1.807, 2.05) is 17.9 Å². The maximum Gasteiger partial charge on any atom is 0.126 e. The zero-order chi connectivity index (χ0) is 18.4. The summed E-state index contributed by atoms with van der Waals surface area (Å²) in [5, 5.41) is 0. The average molecular weight is 367 g/mol. The molecule has 0 saturated carbocycles. The first-order valence-electron chi connectivity index (χ1n) is 10.2. The van der Waals surface area contributed by atoms with E-state index in [0.717, 1.165) is 56.9 Å². The van der Waals surface area contributed by atoms with Crippen LogP contribution in [0.15, 0.2) is 30.7 Å². The Morgan fingerprint density at radius 3 is 2.89 bits per heavy atom. The van der Waals surface area contributed by atoms with Crippen LogP contribution in [0.25, 0.3) is 0 Å². The summed E-state index contributed by atoms with van der Waals surface area (Å²) >= 11 is 0. The third-order valence-electron chi connectivity index (χ3n) is 6.63. The van der Waals surface area contributed by atoms with Gasteiger partial charge in [-0.25, -0.2) is 4.98 Å². The van der Waals surface area contributed by atoms with Crippen molar-refractivity contribution in [3.63, 3.8) is 0 Å². The van der Waals surface area contributed by atoms with Gasteiger partial charge in [0.25, 0.3) is 0 Å². The van der Waals surface area contributed by atoms with Crippen LogP contribution >= 0.6 is 0 Å². The summed E-state index contributed by atoms with van der Waals surface area (Å²) in [5.41, 5.74) is 3.59. The van der Waals surface area contributed by atoms with E-state index in [1.54, 1.807) is 0 Å². The maximum absolute atomic E-state index is 6.79. The average Bonchev–Trinajstić information content (AvgIpc) is 3.08. The first kappa shape index (κ1) is 17.3.